The lowest BCUT2D eigenvalue weighted by atomic mass is 10.3. The molecule has 13 heavy (non-hydrogen) atoms. The summed E-state index contributed by atoms with van der Waals surface area (Å²) < 4.78 is 5.09. The van der Waals surface area contributed by atoms with Crippen molar-refractivity contribution < 1.29 is 9.84 Å². The first-order valence-corrected chi connectivity index (χ1v) is 4.74. The van der Waals surface area contributed by atoms with E-state index in [0.717, 1.165) is 32.4 Å². The van der Waals surface area contributed by atoms with Crippen LogP contribution in [0, 0.1) is 12.3 Å². The van der Waals surface area contributed by atoms with Crippen molar-refractivity contribution in [1.82, 2.24) is 5.32 Å². The Balaban J connectivity index is 2.80. The van der Waals surface area contributed by atoms with Gasteiger partial charge in [0, 0.05) is 13.0 Å². The van der Waals surface area contributed by atoms with Crippen molar-refractivity contribution in [1.29, 1.82) is 0 Å². The van der Waals surface area contributed by atoms with E-state index in [1.165, 1.54) is 0 Å². The van der Waals surface area contributed by atoms with Crippen LogP contribution in [0.15, 0.2) is 0 Å². The molecule has 3 heteroatoms. The Labute approximate surface area is 80.5 Å². The molecule has 0 spiro atoms. The SMILES string of the molecule is C#CCCCNCCCOCCO. The van der Waals surface area contributed by atoms with Gasteiger partial charge in [0.15, 0.2) is 0 Å². The maximum Gasteiger partial charge on any atom is 0.0697 e. The molecule has 0 saturated carbocycles. The molecule has 2 N–H and O–H groups in total. The quantitative estimate of drug-likeness (QED) is 0.403. The third kappa shape index (κ3) is 11.4. The van der Waals surface area contributed by atoms with E-state index >= 15 is 0 Å². The highest BCUT2D eigenvalue weighted by molar-refractivity contribution is 4.83. The first kappa shape index (κ1) is 12.4. The summed E-state index contributed by atoms with van der Waals surface area (Å²) in [5.74, 6) is 2.59. The lowest BCUT2D eigenvalue weighted by Gasteiger charge is -2.03. The van der Waals surface area contributed by atoms with Crippen LogP contribution in [0.3, 0.4) is 0 Å². The smallest absolute Gasteiger partial charge is 0.0697 e. The van der Waals surface area contributed by atoms with Crippen LogP contribution < -0.4 is 5.32 Å². The van der Waals surface area contributed by atoms with E-state index in [4.69, 9.17) is 16.3 Å². The summed E-state index contributed by atoms with van der Waals surface area (Å²) in [5, 5.41) is 11.7. The van der Waals surface area contributed by atoms with Crippen molar-refractivity contribution in [2.24, 2.45) is 0 Å². The topological polar surface area (TPSA) is 41.5 Å². The summed E-state index contributed by atoms with van der Waals surface area (Å²) in [6.45, 7) is 3.19. The maximum absolute atomic E-state index is 8.41. The van der Waals surface area contributed by atoms with Crippen molar-refractivity contribution in [3.63, 3.8) is 0 Å². The Bertz CT molecular complexity index is 131. The minimum absolute atomic E-state index is 0.107. The lowest BCUT2D eigenvalue weighted by Crippen LogP contribution is -2.18. The number of nitrogens with one attached hydrogen (secondary N) is 1. The molecule has 0 unspecified atom stereocenters. The molecule has 0 bridgehead atoms. The van der Waals surface area contributed by atoms with Crippen LogP contribution in [-0.2, 0) is 4.74 Å². The zero-order chi connectivity index (χ0) is 9.78. The van der Waals surface area contributed by atoms with E-state index in [9.17, 15) is 0 Å². The van der Waals surface area contributed by atoms with Crippen LogP contribution >= 0.6 is 0 Å². The largest absolute Gasteiger partial charge is 0.394 e. The van der Waals surface area contributed by atoms with Gasteiger partial charge >= 0.3 is 0 Å². The Kier molecular flexibility index (Phi) is 10.9. The number of hydrogen-bond donors (Lipinski definition) is 2. The number of aliphatic hydroxyl groups is 1. The molecule has 76 valence electrons. The molecule has 0 aromatic heterocycles. The molecule has 0 amide bonds. The van der Waals surface area contributed by atoms with Crippen molar-refractivity contribution in [2.45, 2.75) is 19.3 Å². The minimum Gasteiger partial charge on any atom is -0.394 e. The molecular weight excluding hydrogens is 166 g/mol. The normalized spacial score (nSPS) is 9.85. The third-order valence-corrected chi connectivity index (χ3v) is 1.55. The summed E-state index contributed by atoms with van der Waals surface area (Å²) in [6, 6.07) is 0. The number of terminal acetylenes is 1. The van der Waals surface area contributed by atoms with Crippen molar-refractivity contribution in [3.8, 4) is 12.3 Å². The Hall–Kier alpha value is -0.560. The predicted octanol–water partition coefficient (Wildman–Crippen LogP) is 0.388. The molecule has 0 atom stereocenters. The first-order valence-electron chi connectivity index (χ1n) is 4.74. The van der Waals surface area contributed by atoms with Gasteiger partial charge in [0.05, 0.1) is 13.2 Å². The molecule has 0 aliphatic carbocycles. The predicted molar refractivity (Wildman–Crippen MR) is 53.5 cm³/mol. The van der Waals surface area contributed by atoms with Crippen LogP contribution in [0.5, 0.6) is 0 Å². The van der Waals surface area contributed by atoms with Gasteiger partial charge in [-0.2, -0.15) is 0 Å². The van der Waals surface area contributed by atoms with E-state index in [2.05, 4.69) is 11.2 Å². The number of aliphatic hydroxyl groups excluding tert-OH is 1. The third-order valence-electron chi connectivity index (χ3n) is 1.55. The molecule has 0 aromatic rings. The highest BCUT2D eigenvalue weighted by atomic mass is 16.5. The van der Waals surface area contributed by atoms with Gasteiger partial charge in [-0.3, -0.25) is 0 Å². The average Bonchev–Trinajstić information content (AvgIpc) is 2.16. The number of ether oxygens (including phenoxy) is 1. The van der Waals surface area contributed by atoms with Gasteiger partial charge in [0.2, 0.25) is 0 Å². The molecule has 0 aromatic carbocycles. The second-order valence-electron chi connectivity index (χ2n) is 2.75. The molecule has 0 heterocycles. The fraction of sp³-hybridized carbons (Fsp3) is 0.800. The highest BCUT2D eigenvalue weighted by Gasteiger charge is 1.88. The summed E-state index contributed by atoms with van der Waals surface area (Å²) in [5.41, 5.74) is 0. The summed E-state index contributed by atoms with van der Waals surface area (Å²) in [6.07, 6.45) is 7.96. The van der Waals surface area contributed by atoms with Crippen LogP contribution in [0.1, 0.15) is 19.3 Å². The molecule has 3 nitrogen and oxygen atoms in total. The average molecular weight is 185 g/mol. The number of rotatable bonds is 9. The van der Waals surface area contributed by atoms with Gasteiger partial charge in [0.25, 0.3) is 0 Å². The van der Waals surface area contributed by atoms with Crippen LogP contribution in [0.4, 0.5) is 0 Å². The highest BCUT2D eigenvalue weighted by Crippen LogP contribution is 1.84. The molecule has 0 saturated heterocycles. The van der Waals surface area contributed by atoms with Gasteiger partial charge in [-0.05, 0) is 25.9 Å². The van der Waals surface area contributed by atoms with Crippen LogP contribution in [0.25, 0.3) is 0 Å². The summed E-state index contributed by atoms with van der Waals surface area (Å²) >= 11 is 0. The molecule has 0 aliphatic heterocycles. The fourth-order valence-electron chi connectivity index (χ4n) is 0.906. The maximum atomic E-state index is 8.41. The Morgan fingerprint density at radius 3 is 2.69 bits per heavy atom. The van der Waals surface area contributed by atoms with Crippen molar-refractivity contribution in [2.75, 3.05) is 32.9 Å². The van der Waals surface area contributed by atoms with Crippen molar-refractivity contribution >= 4 is 0 Å². The zero-order valence-electron chi connectivity index (χ0n) is 8.09. The Morgan fingerprint density at radius 1 is 1.23 bits per heavy atom. The first-order chi connectivity index (χ1) is 6.41. The molecule has 0 aliphatic rings. The minimum atomic E-state index is 0.107. The fourth-order valence-corrected chi connectivity index (χ4v) is 0.906. The van der Waals surface area contributed by atoms with E-state index in [0.29, 0.717) is 13.2 Å². The molecule has 0 fully saturated rings. The second-order valence-corrected chi connectivity index (χ2v) is 2.75. The van der Waals surface area contributed by atoms with Crippen LogP contribution in [0.2, 0.25) is 0 Å². The van der Waals surface area contributed by atoms with Gasteiger partial charge in [0.1, 0.15) is 0 Å². The van der Waals surface area contributed by atoms with Crippen molar-refractivity contribution in [3.05, 3.63) is 0 Å². The molecule has 0 radical (unpaired) electrons. The summed E-state index contributed by atoms with van der Waals surface area (Å²) in [7, 11) is 0. The molecule has 0 rings (SSSR count). The van der Waals surface area contributed by atoms with E-state index in [-0.39, 0.29) is 6.61 Å². The Morgan fingerprint density at radius 2 is 2.00 bits per heavy atom. The molecular formula is C10H19NO2. The second kappa shape index (κ2) is 11.4. The lowest BCUT2D eigenvalue weighted by molar-refractivity contribution is 0.0907. The number of unbranched alkanes of at least 4 members (excludes halogenated alkanes) is 1. The van der Waals surface area contributed by atoms with E-state index in [1.807, 2.05) is 0 Å². The van der Waals surface area contributed by atoms with Gasteiger partial charge < -0.3 is 15.2 Å². The number of hydrogen-bond acceptors (Lipinski definition) is 3. The van der Waals surface area contributed by atoms with Crippen LogP contribution in [-0.4, -0.2) is 38.0 Å². The van der Waals surface area contributed by atoms with Gasteiger partial charge in [-0.25, -0.2) is 0 Å². The summed E-state index contributed by atoms with van der Waals surface area (Å²) in [4.78, 5) is 0. The standard InChI is InChI=1S/C10H19NO2/c1-2-3-4-6-11-7-5-9-13-10-8-12/h1,11-12H,3-10H2. The van der Waals surface area contributed by atoms with E-state index < -0.39 is 0 Å². The van der Waals surface area contributed by atoms with Gasteiger partial charge in [-0.15, -0.1) is 12.3 Å². The monoisotopic (exact) mass is 185 g/mol. The van der Waals surface area contributed by atoms with E-state index in [1.54, 1.807) is 0 Å². The zero-order valence-corrected chi connectivity index (χ0v) is 8.09. The van der Waals surface area contributed by atoms with Gasteiger partial charge in [-0.1, -0.05) is 0 Å².